The summed E-state index contributed by atoms with van der Waals surface area (Å²) in [5.41, 5.74) is 2.67. The highest BCUT2D eigenvalue weighted by atomic mass is 79.9. The van der Waals surface area contributed by atoms with Gasteiger partial charge in [-0.1, -0.05) is 35.8 Å². The molecule has 0 aliphatic carbocycles. The molecule has 1 atom stereocenters. The van der Waals surface area contributed by atoms with Gasteiger partial charge in [0.05, 0.1) is 0 Å². The lowest BCUT2D eigenvalue weighted by atomic mass is 9.95. The van der Waals surface area contributed by atoms with Gasteiger partial charge in [-0.3, -0.25) is 0 Å². The van der Waals surface area contributed by atoms with Crippen LogP contribution in [0.25, 0.3) is 0 Å². The summed E-state index contributed by atoms with van der Waals surface area (Å²) in [5, 5.41) is 0. The van der Waals surface area contributed by atoms with Crippen molar-refractivity contribution in [1.82, 2.24) is 0 Å². The van der Waals surface area contributed by atoms with Crippen LogP contribution in [0.1, 0.15) is 25.8 Å². The van der Waals surface area contributed by atoms with E-state index >= 15 is 0 Å². The number of halogens is 1. The molecule has 16 heavy (non-hydrogen) atoms. The van der Waals surface area contributed by atoms with Crippen molar-refractivity contribution in [1.29, 1.82) is 0 Å². The highest BCUT2D eigenvalue weighted by Gasteiger charge is 2.24. The zero-order valence-corrected chi connectivity index (χ0v) is 11.9. The average Bonchev–Trinajstić information content (AvgIpc) is 2.71. The summed E-state index contributed by atoms with van der Waals surface area (Å²) in [4.78, 5) is 2.51. The summed E-state index contributed by atoms with van der Waals surface area (Å²) >= 11 is 3.61. The van der Waals surface area contributed by atoms with Gasteiger partial charge >= 0.3 is 0 Å². The van der Waals surface area contributed by atoms with E-state index in [0.717, 1.165) is 11.8 Å². The minimum Gasteiger partial charge on any atom is -0.371 e. The lowest BCUT2D eigenvalue weighted by Crippen LogP contribution is -2.21. The Morgan fingerprint density at radius 1 is 1.38 bits per heavy atom. The molecule has 0 radical (unpaired) electrons. The highest BCUT2D eigenvalue weighted by molar-refractivity contribution is 9.10. The highest BCUT2D eigenvalue weighted by Crippen LogP contribution is 2.30. The summed E-state index contributed by atoms with van der Waals surface area (Å²) in [5.74, 6) is 1.67. The van der Waals surface area contributed by atoms with Crippen molar-refractivity contribution in [2.45, 2.75) is 27.2 Å². The molecule has 0 aromatic heterocycles. The van der Waals surface area contributed by atoms with Crippen LogP contribution in [0, 0.1) is 18.8 Å². The van der Waals surface area contributed by atoms with Crippen LogP contribution in [0.4, 0.5) is 5.69 Å². The predicted octanol–water partition coefficient (Wildman–Crippen LogP) is 4.24. The third kappa shape index (κ3) is 2.42. The van der Waals surface area contributed by atoms with Gasteiger partial charge in [-0.25, -0.2) is 0 Å². The third-order valence-electron chi connectivity index (χ3n) is 3.69. The zero-order chi connectivity index (χ0) is 11.7. The Labute approximate surface area is 107 Å². The first-order valence-corrected chi connectivity index (χ1v) is 6.88. The van der Waals surface area contributed by atoms with Crippen LogP contribution < -0.4 is 4.90 Å². The minimum atomic E-state index is 0.805. The van der Waals surface area contributed by atoms with Crippen LogP contribution >= 0.6 is 15.9 Å². The summed E-state index contributed by atoms with van der Waals surface area (Å²) in [6, 6.07) is 6.68. The van der Waals surface area contributed by atoms with Gasteiger partial charge in [-0.15, -0.1) is 0 Å². The minimum absolute atomic E-state index is 0.805. The Bertz CT molecular complexity index is 373. The molecule has 1 heterocycles. The van der Waals surface area contributed by atoms with Gasteiger partial charge < -0.3 is 4.90 Å². The summed E-state index contributed by atoms with van der Waals surface area (Å²) in [6.45, 7) is 9.22. The SMILES string of the molecule is Cc1ccc(N2CCC(C(C)C)C2)cc1Br. The quantitative estimate of drug-likeness (QED) is 0.784. The summed E-state index contributed by atoms with van der Waals surface area (Å²) in [6.07, 6.45) is 1.34. The van der Waals surface area contributed by atoms with Crippen molar-refractivity contribution in [3.05, 3.63) is 28.2 Å². The number of benzene rings is 1. The number of rotatable bonds is 2. The number of hydrogen-bond donors (Lipinski definition) is 0. The van der Waals surface area contributed by atoms with Gasteiger partial charge in [0.1, 0.15) is 0 Å². The van der Waals surface area contributed by atoms with Crippen molar-refractivity contribution < 1.29 is 0 Å². The van der Waals surface area contributed by atoms with E-state index < -0.39 is 0 Å². The largest absolute Gasteiger partial charge is 0.371 e. The van der Waals surface area contributed by atoms with Crippen LogP contribution in [0.3, 0.4) is 0 Å². The van der Waals surface area contributed by atoms with Gasteiger partial charge in [0.25, 0.3) is 0 Å². The molecule has 2 rings (SSSR count). The Morgan fingerprint density at radius 3 is 2.69 bits per heavy atom. The molecular formula is C14H20BrN. The van der Waals surface area contributed by atoms with Crippen LogP contribution in [0.15, 0.2) is 22.7 Å². The third-order valence-corrected chi connectivity index (χ3v) is 4.54. The molecule has 1 saturated heterocycles. The molecule has 0 saturated carbocycles. The smallest absolute Gasteiger partial charge is 0.0377 e. The number of hydrogen-bond acceptors (Lipinski definition) is 1. The van der Waals surface area contributed by atoms with Crippen molar-refractivity contribution >= 4 is 21.6 Å². The van der Waals surface area contributed by atoms with Crippen LogP contribution in [-0.2, 0) is 0 Å². The summed E-state index contributed by atoms with van der Waals surface area (Å²) in [7, 11) is 0. The lowest BCUT2D eigenvalue weighted by Gasteiger charge is -2.20. The number of nitrogens with zero attached hydrogens (tertiary/aromatic N) is 1. The molecule has 1 aromatic rings. The predicted molar refractivity (Wildman–Crippen MR) is 74.0 cm³/mol. The van der Waals surface area contributed by atoms with E-state index in [4.69, 9.17) is 0 Å². The zero-order valence-electron chi connectivity index (χ0n) is 10.3. The fourth-order valence-electron chi connectivity index (χ4n) is 2.34. The van der Waals surface area contributed by atoms with Gasteiger partial charge in [-0.2, -0.15) is 0 Å². The standard InChI is InChI=1S/C14H20BrN/c1-10(2)12-6-7-16(9-12)13-5-4-11(3)14(15)8-13/h4-5,8,10,12H,6-7,9H2,1-3H3. The van der Waals surface area contributed by atoms with E-state index in [1.807, 2.05) is 0 Å². The molecule has 1 nitrogen and oxygen atoms in total. The second kappa shape index (κ2) is 4.79. The molecule has 1 aliphatic heterocycles. The maximum Gasteiger partial charge on any atom is 0.0377 e. The average molecular weight is 282 g/mol. The van der Waals surface area contributed by atoms with Crippen LogP contribution in [-0.4, -0.2) is 13.1 Å². The molecule has 1 aromatic carbocycles. The normalized spacial score (nSPS) is 20.8. The molecule has 1 unspecified atom stereocenters. The number of aryl methyl sites for hydroxylation is 1. The Kier molecular flexibility index (Phi) is 3.58. The maximum atomic E-state index is 3.61. The Hall–Kier alpha value is -0.500. The molecule has 0 amide bonds. The van der Waals surface area contributed by atoms with E-state index in [2.05, 4.69) is 59.8 Å². The second-order valence-electron chi connectivity index (χ2n) is 5.17. The molecular weight excluding hydrogens is 262 g/mol. The Morgan fingerprint density at radius 2 is 2.12 bits per heavy atom. The van der Waals surface area contributed by atoms with Crippen molar-refractivity contribution in [3.63, 3.8) is 0 Å². The van der Waals surface area contributed by atoms with E-state index in [0.29, 0.717) is 0 Å². The van der Waals surface area contributed by atoms with Gasteiger partial charge in [0, 0.05) is 23.2 Å². The van der Waals surface area contributed by atoms with Crippen molar-refractivity contribution in [2.75, 3.05) is 18.0 Å². The molecule has 0 bridgehead atoms. The van der Waals surface area contributed by atoms with Gasteiger partial charge in [-0.05, 0) is 42.9 Å². The fraction of sp³-hybridized carbons (Fsp3) is 0.571. The topological polar surface area (TPSA) is 3.24 Å². The lowest BCUT2D eigenvalue weighted by molar-refractivity contribution is 0.423. The van der Waals surface area contributed by atoms with Crippen molar-refractivity contribution in [3.8, 4) is 0 Å². The molecule has 1 fully saturated rings. The van der Waals surface area contributed by atoms with Crippen LogP contribution in [0.2, 0.25) is 0 Å². The molecule has 0 N–H and O–H groups in total. The van der Waals surface area contributed by atoms with Crippen molar-refractivity contribution in [2.24, 2.45) is 11.8 Å². The monoisotopic (exact) mass is 281 g/mol. The van der Waals surface area contributed by atoms with E-state index in [-0.39, 0.29) is 0 Å². The fourth-order valence-corrected chi connectivity index (χ4v) is 2.71. The molecule has 0 spiro atoms. The number of anilines is 1. The van der Waals surface area contributed by atoms with E-state index in [1.165, 1.54) is 35.2 Å². The van der Waals surface area contributed by atoms with E-state index in [9.17, 15) is 0 Å². The Balaban J connectivity index is 2.11. The van der Waals surface area contributed by atoms with Gasteiger partial charge in [0.2, 0.25) is 0 Å². The molecule has 2 heteroatoms. The maximum absolute atomic E-state index is 3.61. The van der Waals surface area contributed by atoms with E-state index in [1.54, 1.807) is 0 Å². The van der Waals surface area contributed by atoms with Crippen LogP contribution in [0.5, 0.6) is 0 Å². The molecule has 1 aliphatic rings. The molecule has 88 valence electrons. The first kappa shape index (κ1) is 12.0. The second-order valence-corrected chi connectivity index (χ2v) is 6.03. The first-order valence-electron chi connectivity index (χ1n) is 6.09. The summed E-state index contributed by atoms with van der Waals surface area (Å²) < 4.78 is 1.22. The first-order chi connectivity index (χ1) is 7.58. The van der Waals surface area contributed by atoms with Gasteiger partial charge in [0.15, 0.2) is 0 Å².